The van der Waals surface area contributed by atoms with Crippen LogP contribution in [-0.2, 0) is 0 Å². The number of hydrogen-bond donors (Lipinski definition) is 0. The summed E-state index contributed by atoms with van der Waals surface area (Å²) in [5.41, 5.74) is 0.583. The number of allylic oxidation sites excluding steroid dienone is 1. The van der Waals surface area contributed by atoms with E-state index in [0.29, 0.717) is 32.2 Å². The lowest BCUT2D eigenvalue weighted by molar-refractivity contribution is 0.572. The zero-order valence-corrected chi connectivity index (χ0v) is 11.2. The number of halogens is 3. The minimum absolute atomic E-state index is 0.415. The molecule has 0 amide bonds. The van der Waals surface area contributed by atoms with Crippen LogP contribution in [0.25, 0.3) is 17.4 Å². The summed E-state index contributed by atoms with van der Waals surface area (Å²) in [5.74, 6) is 1.08. The maximum atomic E-state index is 8.43. The third-order valence-electron chi connectivity index (χ3n) is 2.20. The first kappa shape index (κ1) is 13.0. The fourth-order valence-corrected chi connectivity index (χ4v) is 2.48. The molecule has 1 heterocycles. The number of hydrogen-bond acceptors (Lipinski definition) is 2. The van der Waals surface area contributed by atoms with Gasteiger partial charge in [-0.2, -0.15) is 5.26 Å². The number of nitrogens with zero attached hydrogens (tertiary/aromatic N) is 1. The molecule has 0 radical (unpaired) electrons. The molecule has 0 spiro atoms. The molecule has 18 heavy (non-hydrogen) atoms. The van der Waals surface area contributed by atoms with Gasteiger partial charge in [0, 0.05) is 11.1 Å². The summed E-state index contributed by atoms with van der Waals surface area (Å²) in [4.78, 5) is 0. The van der Waals surface area contributed by atoms with Crippen molar-refractivity contribution >= 4 is 40.9 Å². The molecular formula is C13H6Cl3NO. The van der Waals surface area contributed by atoms with Crippen LogP contribution in [0.4, 0.5) is 0 Å². The van der Waals surface area contributed by atoms with Crippen LogP contribution in [0.5, 0.6) is 0 Å². The molecule has 0 unspecified atom stereocenters. The molecule has 0 saturated carbocycles. The van der Waals surface area contributed by atoms with Crippen molar-refractivity contribution in [3.63, 3.8) is 0 Å². The smallest absolute Gasteiger partial charge is 0.137 e. The lowest BCUT2D eigenvalue weighted by atomic mass is 10.2. The van der Waals surface area contributed by atoms with Gasteiger partial charge in [0.1, 0.15) is 11.5 Å². The Morgan fingerprint density at radius 1 is 1.11 bits per heavy atom. The second kappa shape index (κ2) is 5.49. The molecule has 0 aliphatic heterocycles. The minimum Gasteiger partial charge on any atom is -0.457 e. The number of nitriles is 1. The third-order valence-corrected chi connectivity index (χ3v) is 3.02. The summed E-state index contributed by atoms with van der Waals surface area (Å²) >= 11 is 18.0. The average molecular weight is 299 g/mol. The SMILES string of the molecule is N#C/C=C/c1ccc(-c2c(Cl)cc(Cl)cc2Cl)o1. The van der Waals surface area contributed by atoms with Gasteiger partial charge in [0.15, 0.2) is 0 Å². The third kappa shape index (κ3) is 2.70. The van der Waals surface area contributed by atoms with E-state index >= 15 is 0 Å². The molecule has 5 heteroatoms. The van der Waals surface area contributed by atoms with Gasteiger partial charge >= 0.3 is 0 Å². The fraction of sp³-hybridized carbons (Fsp3) is 0. The zero-order valence-electron chi connectivity index (χ0n) is 8.95. The van der Waals surface area contributed by atoms with Gasteiger partial charge in [-0.15, -0.1) is 0 Å². The van der Waals surface area contributed by atoms with Crippen molar-refractivity contribution in [1.82, 2.24) is 0 Å². The summed E-state index contributed by atoms with van der Waals surface area (Å²) in [6.07, 6.45) is 2.88. The standard InChI is InChI=1S/C13H6Cl3NO/c14-8-6-10(15)13(11(16)7-8)12-4-3-9(18-12)2-1-5-17/h1-4,6-7H/b2-1+. The average Bonchev–Trinajstić information content (AvgIpc) is 2.73. The first-order valence-electron chi connectivity index (χ1n) is 4.92. The van der Waals surface area contributed by atoms with Crippen molar-refractivity contribution in [2.45, 2.75) is 0 Å². The van der Waals surface area contributed by atoms with E-state index in [-0.39, 0.29) is 0 Å². The van der Waals surface area contributed by atoms with E-state index in [1.807, 2.05) is 6.07 Å². The highest BCUT2D eigenvalue weighted by Gasteiger charge is 2.13. The molecule has 0 aliphatic rings. The second-order valence-corrected chi connectivity index (χ2v) is 4.66. The Labute approximate surface area is 119 Å². The second-order valence-electron chi connectivity index (χ2n) is 3.41. The van der Waals surface area contributed by atoms with Crippen LogP contribution in [0, 0.1) is 11.3 Å². The molecule has 1 aromatic carbocycles. The topological polar surface area (TPSA) is 36.9 Å². The molecule has 0 aliphatic carbocycles. The molecule has 0 fully saturated rings. The Morgan fingerprint density at radius 2 is 1.78 bits per heavy atom. The molecule has 0 atom stereocenters. The molecular weight excluding hydrogens is 293 g/mol. The summed E-state index contributed by atoms with van der Waals surface area (Å²) in [6.45, 7) is 0. The minimum atomic E-state index is 0.415. The van der Waals surface area contributed by atoms with Gasteiger partial charge in [0.25, 0.3) is 0 Å². The lowest BCUT2D eigenvalue weighted by Crippen LogP contribution is -1.79. The zero-order chi connectivity index (χ0) is 13.1. The van der Waals surface area contributed by atoms with Crippen molar-refractivity contribution in [3.8, 4) is 17.4 Å². The van der Waals surface area contributed by atoms with Gasteiger partial charge in [-0.25, -0.2) is 0 Å². The number of benzene rings is 1. The summed E-state index contributed by atoms with van der Waals surface area (Å²) < 4.78 is 5.52. The van der Waals surface area contributed by atoms with Gasteiger partial charge < -0.3 is 4.42 Å². The molecule has 2 rings (SSSR count). The Hall–Kier alpha value is -1.40. The van der Waals surface area contributed by atoms with Gasteiger partial charge in [-0.05, 0) is 30.3 Å². The number of rotatable bonds is 2. The van der Waals surface area contributed by atoms with Crippen LogP contribution >= 0.6 is 34.8 Å². The van der Waals surface area contributed by atoms with E-state index in [9.17, 15) is 0 Å². The summed E-state index contributed by atoms with van der Waals surface area (Å²) in [5, 5.41) is 9.73. The highest BCUT2D eigenvalue weighted by atomic mass is 35.5. The van der Waals surface area contributed by atoms with Crippen molar-refractivity contribution in [2.75, 3.05) is 0 Å². The van der Waals surface area contributed by atoms with E-state index in [1.54, 1.807) is 30.3 Å². The van der Waals surface area contributed by atoms with E-state index in [4.69, 9.17) is 44.5 Å². The van der Waals surface area contributed by atoms with E-state index in [2.05, 4.69) is 0 Å². The Balaban J connectivity index is 2.47. The maximum Gasteiger partial charge on any atom is 0.137 e. The Kier molecular flexibility index (Phi) is 3.98. The number of furan rings is 1. The normalized spacial score (nSPS) is 10.8. The van der Waals surface area contributed by atoms with Crippen LogP contribution in [-0.4, -0.2) is 0 Å². The van der Waals surface area contributed by atoms with E-state index in [0.717, 1.165) is 0 Å². The van der Waals surface area contributed by atoms with Crippen LogP contribution < -0.4 is 0 Å². The van der Waals surface area contributed by atoms with E-state index < -0.39 is 0 Å². The molecule has 2 nitrogen and oxygen atoms in total. The summed E-state index contributed by atoms with van der Waals surface area (Å²) in [6, 6.07) is 8.54. The Bertz CT molecular complexity index is 629. The lowest BCUT2D eigenvalue weighted by Gasteiger charge is -2.04. The molecule has 1 aromatic heterocycles. The predicted octanol–water partition coefficient (Wildman–Crippen LogP) is 5.44. The van der Waals surface area contributed by atoms with Gasteiger partial charge in [0.05, 0.1) is 21.7 Å². The maximum absolute atomic E-state index is 8.43. The largest absolute Gasteiger partial charge is 0.457 e. The quantitative estimate of drug-likeness (QED) is 0.692. The fourth-order valence-electron chi connectivity index (χ4n) is 1.47. The molecule has 2 aromatic rings. The van der Waals surface area contributed by atoms with Crippen molar-refractivity contribution < 1.29 is 4.42 Å². The van der Waals surface area contributed by atoms with Crippen LogP contribution in [0.1, 0.15) is 5.76 Å². The highest BCUT2D eigenvalue weighted by Crippen LogP contribution is 2.38. The predicted molar refractivity (Wildman–Crippen MR) is 73.8 cm³/mol. The van der Waals surface area contributed by atoms with Gasteiger partial charge in [-0.3, -0.25) is 0 Å². The van der Waals surface area contributed by atoms with Crippen molar-refractivity contribution in [3.05, 3.63) is 51.2 Å². The Morgan fingerprint density at radius 3 is 2.39 bits per heavy atom. The first-order valence-corrected chi connectivity index (χ1v) is 6.06. The van der Waals surface area contributed by atoms with Crippen LogP contribution in [0.3, 0.4) is 0 Å². The molecule has 0 saturated heterocycles. The molecule has 0 bridgehead atoms. The summed E-state index contributed by atoms with van der Waals surface area (Å²) in [7, 11) is 0. The highest BCUT2D eigenvalue weighted by molar-refractivity contribution is 6.41. The molecule has 0 N–H and O–H groups in total. The van der Waals surface area contributed by atoms with E-state index in [1.165, 1.54) is 6.08 Å². The first-order chi connectivity index (χ1) is 8.61. The van der Waals surface area contributed by atoms with Crippen LogP contribution in [0.15, 0.2) is 34.8 Å². The monoisotopic (exact) mass is 297 g/mol. The molecule has 90 valence electrons. The van der Waals surface area contributed by atoms with Gasteiger partial charge in [0.2, 0.25) is 0 Å². The van der Waals surface area contributed by atoms with Gasteiger partial charge in [-0.1, -0.05) is 34.8 Å². The van der Waals surface area contributed by atoms with Crippen molar-refractivity contribution in [2.24, 2.45) is 0 Å². The van der Waals surface area contributed by atoms with Crippen LogP contribution in [0.2, 0.25) is 15.1 Å². The van der Waals surface area contributed by atoms with Crippen molar-refractivity contribution in [1.29, 1.82) is 5.26 Å².